The third-order valence-corrected chi connectivity index (χ3v) is 5.76. The summed E-state index contributed by atoms with van der Waals surface area (Å²) in [5.74, 6) is -0.441. The maximum Gasteiger partial charge on any atom is 0.271 e. The van der Waals surface area contributed by atoms with E-state index in [0.29, 0.717) is 45.0 Å². The summed E-state index contributed by atoms with van der Waals surface area (Å²) in [4.78, 5) is 13.9. The molecule has 0 saturated carbocycles. The molecule has 1 aliphatic heterocycles. The summed E-state index contributed by atoms with van der Waals surface area (Å²) in [6.45, 7) is 0.589. The summed E-state index contributed by atoms with van der Waals surface area (Å²) >= 11 is 9.32. The minimum atomic E-state index is -0.557. The molecular formula is C21H15BrClFN4O2. The van der Waals surface area contributed by atoms with Crippen molar-refractivity contribution in [2.45, 2.75) is 12.8 Å². The second-order valence-electron chi connectivity index (χ2n) is 6.92. The molecule has 0 atom stereocenters. The van der Waals surface area contributed by atoms with E-state index in [9.17, 15) is 4.79 Å². The fourth-order valence-electron chi connectivity index (χ4n) is 3.35. The van der Waals surface area contributed by atoms with Crippen LogP contribution in [-0.2, 0) is 12.8 Å². The SMILES string of the molecule is CN1CCc2c(Cc3ccc(Br)c(Oc4cc(Cl)cc(C#N)c4)c3F)n[nH]c2C1=O. The molecule has 3 aromatic rings. The zero-order chi connectivity index (χ0) is 21.4. The number of benzene rings is 2. The van der Waals surface area contributed by atoms with Gasteiger partial charge in [-0.05, 0) is 52.2 Å². The van der Waals surface area contributed by atoms with Gasteiger partial charge in [0.2, 0.25) is 0 Å². The first-order valence-electron chi connectivity index (χ1n) is 9.04. The van der Waals surface area contributed by atoms with Gasteiger partial charge in [0, 0.05) is 30.6 Å². The van der Waals surface area contributed by atoms with Gasteiger partial charge in [0.1, 0.15) is 11.4 Å². The monoisotopic (exact) mass is 488 g/mol. The number of aromatic amines is 1. The van der Waals surface area contributed by atoms with Crippen molar-refractivity contribution in [3.8, 4) is 17.6 Å². The van der Waals surface area contributed by atoms with E-state index in [0.717, 1.165) is 5.56 Å². The number of nitriles is 1. The molecule has 0 bridgehead atoms. The van der Waals surface area contributed by atoms with Crippen LogP contribution < -0.4 is 4.74 Å². The first-order valence-corrected chi connectivity index (χ1v) is 10.2. The fourth-order valence-corrected chi connectivity index (χ4v) is 3.97. The first kappa shape index (κ1) is 20.4. The Labute approximate surface area is 185 Å². The molecule has 1 aliphatic rings. The number of H-pyrrole nitrogens is 1. The van der Waals surface area contributed by atoms with Crippen molar-refractivity contribution in [3.63, 3.8) is 0 Å². The summed E-state index contributed by atoms with van der Waals surface area (Å²) in [6, 6.07) is 9.80. The van der Waals surface area contributed by atoms with Gasteiger partial charge in [0.15, 0.2) is 11.6 Å². The van der Waals surface area contributed by atoms with Crippen LogP contribution in [0.5, 0.6) is 11.5 Å². The fraction of sp³-hybridized carbons (Fsp3) is 0.190. The average Bonchev–Trinajstić information content (AvgIpc) is 3.13. The number of halogens is 3. The minimum absolute atomic E-state index is 0.0149. The molecule has 152 valence electrons. The van der Waals surface area contributed by atoms with Crippen LogP contribution in [-0.4, -0.2) is 34.6 Å². The number of rotatable bonds is 4. The second kappa shape index (κ2) is 8.09. The Morgan fingerprint density at radius 3 is 2.97 bits per heavy atom. The molecule has 0 spiro atoms. The molecule has 1 aromatic heterocycles. The highest BCUT2D eigenvalue weighted by Gasteiger charge is 2.27. The van der Waals surface area contributed by atoms with Crippen LogP contribution in [0.1, 0.15) is 32.9 Å². The largest absolute Gasteiger partial charge is 0.453 e. The predicted molar refractivity (Wildman–Crippen MR) is 112 cm³/mol. The van der Waals surface area contributed by atoms with Crippen LogP contribution in [0.2, 0.25) is 5.02 Å². The third kappa shape index (κ3) is 3.78. The summed E-state index contributed by atoms with van der Waals surface area (Å²) < 4.78 is 21.4. The number of nitrogens with zero attached hydrogens (tertiary/aromatic N) is 3. The van der Waals surface area contributed by atoms with E-state index >= 15 is 4.39 Å². The number of hydrogen-bond acceptors (Lipinski definition) is 4. The van der Waals surface area contributed by atoms with Crippen LogP contribution in [0.4, 0.5) is 4.39 Å². The Hall–Kier alpha value is -2.89. The maximum atomic E-state index is 15.3. The minimum Gasteiger partial charge on any atom is -0.453 e. The lowest BCUT2D eigenvalue weighted by Gasteiger charge is -2.22. The van der Waals surface area contributed by atoms with E-state index in [-0.39, 0.29) is 23.8 Å². The summed E-state index contributed by atoms with van der Waals surface area (Å²) in [5, 5.41) is 16.4. The predicted octanol–water partition coefficient (Wildman–Crippen LogP) is 4.85. The Morgan fingerprint density at radius 2 is 2.20 bits per heavy atom. The number of hydrogen-bond donors (Lipinski definition) is 1. The normalized spacial score (nSPS) is 13.2. The van der Waals surface area contributed by atoms with Crippen LogP contribution in [0.25, 0.3) is 0 Å². The number of nitrogens with one attached hydrogen (secondary N) is 1. The number of aromatic nitrogens is 2. The van der Waals surface area contributed by atoms with E-state index in [1.54, 1.807) is 24.1 Å². The highest BCUT2D eigenvalue weighted by molar-refractivity contribution is 9.10. The number of carbonyl (C=O) groups is 1. The molecule has 0 radical (unpaired) electrons. The van der Waals surface area contributed by atoms with Crippen molar-refractivity contribution in [3.05, 3.63) is 73.7 Å². The smallest absolute Gasteiger partial charge is 0.271 e. The van der Waals surface area contributed by atoms with Crippen LogP contribution in [0.3, 0.4) is 0 Å². The van der Waals surface area contributed by atoms with Crippen LogP contribution in [0, 0.1) is 17.1 Å². The van der Waals surface area contributed by atoms with Gasteiger partial charge in [0.05, 0.1) is 21.8 Å². The number of amides is 1. The van der Waals surface area contributed by atoms with E-state index in [1.165, 1.54) is 18.2 Å². The number of ether oxygens (including phenoxy) is 1. The van der Waals surface area contributed by atoms with Gasteiger partial charge in [-0.15, -0.1) is 0 Å². The van der Waals surface area contributed by atoms with Gasteiger partial charge in [0.25, 0.3) is 5.91 Å². The standard InChI is InChI=1S/C21H15BrClFN4O2/c1-28-5-4-15-17(26-27-19(15)21(28)29)8-12-2-3-16(22)20(18(12)24)30-14-7-11(10-25)6-13(23)9-14/h2-3,6-7,9H,4-5,8H2,1H3,(H,26,27). The van der Waals surface area contributed by atoms with E-state index < -0.39 is 5.82 Å². The highest BCUT2D eigenvalue weighted by atomic mass is 79.9. The van der Waals surface area contributed by atoms with E-state index in [4.69, 9.17) is 21.6 Å². The zero-order valence-electron chi connectivity index (χ0n) is 15.8. The Bertz CT molecular complexity index is 1200. The van der Waals surface area contributed by atoms with Gasteiger partial charge < -0.3 is 9.64 Å². The first-order chi connectivity index (χ1) is 14.4. The molecule has 30 heavy (non-hydrogen) atoms. The Kier molecular flexibility index (Phi) is 5.50. The lowest BCUT2D eigenvalue weighted by molar-refractivity contribution is 0.0775. The molecule has 0 fully saturated rings. The Morgan fingerprint density at radius 1 is 1.40 bits per heavy atom. The number of carbonyl (C=O) groups excluding carboxylic acids is 1. The van der Waals surface area contributed by atoms with Crippen LogP contribution in [0.15, 0.2) is 34.8 Å². The molecule has 9 heteroatoms. The molecule has 2 heterocycles. The maximum absolute atomic E-state index is 15.3. The summed E-state index contributed by atoms with van der Waals surface area (Å²) in [5.41, 5.74) is 2.58. The third-order valence-electron chi connectivity index (χ3n) is 4.92. The van der Waals surface area contributed by atoms with Crippen molar-refractivity contribution in [2.75, 3.05) is 13.6 Å². The summed E-state index contributed by atoms with van der Waals surface area (Å²) in [6.07, 6.45) is 0.863. The van der Waals surface area contributed by atoms with Crippen molar-refractivity contribution in [2.24, 2.45) is 0 Å². The topological polar surface area (TPSA) is 82.0 Å². The van der Waals surface area contributed by atoms with Gasteiger partial charge >= 0.3 is 0 Å². The highest BCUT2D eigenvalue weighted by Crippen LogP contribution is 2.36. The second-order valence-corrected chi connectivity index (χ2v) is 8.21. The Balaban J connectivity index is 1.66. The van der Waals surface area contributed by atoms with Gasteiger partial charge in [-0.3, -0.25) is 9.89 Å². The van der Waals surface area contributed by atoms with Gasteiger partial charge in [-0.2, -0.15) is 10.4 Å². The lowest BCUT2D eigenvalue weighted by Crippen LogP contribution is -2.34. The zero-order valence-corrected chi connectivity index (χ0v) is 18.1. The van der Waals surface area contributed by atoms with Gasteiger partial charge in [-0.25, -0.2) is 4.39 Å². The molecule has 0 unspecified atom stereocenters. The van der Waals surface area contributed by atoms with Crippen molar-refractivity contribution < 1.29 is 13.9 Å². The molecule has 4 rings (SSSR count). The quantitative estimate of drug-likeness (QED) is 0.568. The molecule has 0 saturated heterocycles. The summed E-state index contributed by atoms with van der Waals surface area (Å²) in [7, 11) is 1.73. The molecule has 1 N–H and O–H groups in total. The number of likely N-dealkylation sites (N-methyl/N-ethyl adjacent to an activating group) is 1. The van der Waals surface area contributed by atoms with Gasteiger partial charge in [-0.1, -0.05) is 17.7 Å². The average molecular weight is 490 g/mol. The van der Waals surface area contributed by atoms with Crippen molar-refractivity contribution in [1.29, 1.82) is 5.26 Å². The van der Waals surface area contributed by atoms with Crippen molar-refractivity contribution in [1.82, 2.24) is 15.1 Å². The lowest BCUT2D eigenvalue weighted by atomic mass is 9.99. The number of fused-ring (bicyclic) bond motifs is 1. The molecule has 6 nitrogen and oxygen atoms in total. The van der Waals surface area contributed by atoms with E-state index in [2.05, 4.69) is 26.1 Å². The molecule has 1 amide bonds. The molecule has 2 aromatic carbocycles. The van der Waals surface area contributed by atoms with E-state index in [1.807, 2.05) is 6.07 Å². The van der Waals surface area contributed by atoms with Crippen LogP contribution >= 0.6 is 27.5 Å². The molecule has 0 aliphatic carbocycles. The molecular weight excluding hydrogens is 475 g/mol. The van der Waals surface area contributed by atoms with Crippen molar-refractivity contribution >= 4 is 33.4 Å².